The molecule has 0 unspecified atom stereocenters. The van der Waals surface area contributed by atoms with Gasteiger partial charge in [-0.25, -0.2) is 0 Å². The van der Waals surface area contributed by atoms with Gasteiger partial charge in [-0.2, -0.15) is 5.10 Å². The van der Waals surface area contributed by atoms with Crippen LogP contribution >= 0.6 is 0 Å². The quantitative estimate of drug-likeness (QED) is 0.775. The van der Waals surface area contributed by atoms with Crippen LogP contribution < -0.4 is 16.0 Å². The first kappa shape index (κ1) is 14.3. The van der Waals surface area contributed by atoms with Crippen LogP contribution in [0, 0.1) is 0 Å². The number of nitrogens with two attached hydrogens (primary N) is 1. The minimum absolute atomic E-state index is 0.00185. The Morgan fingerprint density at radius 1 is 1.50 bits per heavy atom. The van der Waals surface area contributed by atoms with Crippen molar-refractivity contribution in [1.82, 2.24) is 15.1 Å². The Morgan fingerprint density at radius 2 is 2.17 bits per heavy atom. The van der Waals surface area contributed by atoms with Gasteiger partial charge in [0.25, 0.3) is 0 Å². The summed E-state index contributed by atoms with van der Waals surface area (Å²) in [5.41, 5.74) is 7.56. The average Bonchev–Trinajstić information content (AvgIpc) is 2.61. The van der Waals surface area contributed by atoms with Gasteiger partial charge in [0.15, 0.2) is 5.82 Å². The Kier molecular flexibility index (Phi) is 5.00. The van der Waals surface area contributed by atoms with E-state index in [1.807, 2.05) is 32.8 Å². The number of anilines is 2. The van der Waals surface area contributed by atoms with Gasteiger partial charge in [-0.15, -0.1) is 0 Å². The van der Waals surface area contributed by atoms with Crippen molar-refractivity contribution in [3.8, 4) is 0 Å². The molecule has 0 spiro atoms. The highest BCUT2D eigenvalue weighted by Crippen LogP contribution is 2.25. The second-order valence-electron chi connectivity index (χ2n) is 4.37. The highest BCUT2D eigenvalue weighted by molar-refractivity contribution is 5.82. The van der Waals surface area contributed by atoms with E-state index in [2.05, 4.69) is 10.4 Å². The predicted octanol–water partition coefficient (Wildman–Crippen LogP) is 0.527. The van der Waals surface area contributed by atoms with E-state index in [4.69, 9.17) is 5.73 Å². The molecule has 0 saturated heterocycles. The number of carbonyl (C=O) groups is 1. The van der Waals surface area contributed by atoms with Gasteiger partial charge in [-0.1, -0.05) is 13.8 Å². The number of hydrogen-bond acceptors (Lipinski definition) is 4. The molecule has 1 aromatic rings. The molecule has 0 aliphatic rings. The van der Waals surface area contributed by atoms with Crippen LogP contribution in [0.1, 0.15) is 26.0 Å². The van der Waals surface area contributed by atoms with E-state index in [0.29, 0.717) is 12.2 Å². The standard InChI is InChI=1S/C12H23N5O/c1-5-7-14-10(18)8-16(3)12-11(13)9(6-2)15-17(12)4/h5-8,13H2,1-4H3,(H,14,18). The summed E-state index contributed by atoms with van der Waals surface area (Å²) >= 11 is 0. The van der Waals surface area contributed by atoms with Gasteiger partial charge in [0.1, 0.15) is 0 Å². The zero-order chi connectivity index (χ0) is 13.7. The molecule has 1 amide bonds. The monoisotopic (exact) mass is 253 g/mol. The normalized spacial score (nSPS) is 10.4. The Labute approximate surface area is 108 Å². The highest BCUT2D eigenvalue weighted by Gasteiger charge is 2.17. The summed E-state index contributed by atoms with van der Waals surface area (Å²) in [6, 6.07) is 0. The molecule has 0 radical (unpaired) electrons. The second kappa shape index (κ2) is 6.28. The topological polar surface area (TPSA) is 76.2 Å². The molecule has 0 aliphatic carbocycles. The van der Waals surface area contributed by atoms with Crippen molar-refractivity contribution < 1.29 is 4.79 Å². The van der Waals surface area contributed by atoms with Crippen LogP contribution in [0.2, 0.25) is 0 Å². The number of hydrogen-bond donors (Lipinski definition) is 2. The van der Waals surface area contributed by atoms with Crippen LogP contribution in [0.3, 0.4) is 0 Å². The molecule has 6 heteroatoms. The fourth-order valence-electron chi connectivity index (χ4n) is 1.91. The Morgan fingerprint density at radius 3 is 2.67 bits per heavy atom. The van der Waals surface area contributed by atoms with E-state index in [-0.39, 0.29) is 12.5 Å². The Hall–Kier alpha value is -1.72. The number of carbonyl (C=O) groups excluding carboxylic acids is 1. The highest BCUT2D eigenvalue weighted by atomic mass is 16.2. The van der Waals surface area contributed by atoms with Crippen LogP contribution in [0.15, 0.2) is 0 Å². The molecule has 102 valence electrons. The molecule has 1 aromatic heterocycles. The van der Waals surface area contributed by atoms with Crippen LogP contribution in [0.25, 0.3) is 0 Å². The molecule has 6 nitrogen and oxygen atoms in total. The number of aryl methyl sites for hydroxylation is 2. The van der Waals surface area contributed by atoms with Gasteiger partial charge in [-0.05, 0) is 12.8 Å². The lowest BCUT2D eigenvalue weighted by atomic mass is 10.3. The molecule has 1 rings (SSSR count). The summed E-state index contributed by atoms with van der Waals surface area (Å²) in [6.07, 6.45) is 1.72. The zero-order valence-corrected chi connectivity index (χ0v) is 11.7. The lowest BCUT2D eigenvalue weighted by Crippen LogP contribution is -2.36. The lowest BCUT2D eigenvalue weighted by molar-refractivity contribution is -0.119. The Bertz CT molecular complexity index is 413. The fourth-order valence-corrected chi connectivity index (χ4v) is 1.91. The lowest BCUT2D eigenvalue weighted by Gasteiger charge is -2.19. The van der Waals surface area contributed by atoms with Crippen LogP contribution in [-0.4, -0.2) is 35.8 Å². The third-order valence-electron chi connectivity index (χ3n) is 2.78. The van der Waals surface area contributed by atoms with Crippen LogP contribution in [0.5, 0.6) is 0 Å². The maximum Gasteiger partial charge on any atom is 0.239 e. The molecule has 0 aromatic carbocycles. The first-order valence-electron chi connectivity index (χ1n) is 6.30. The van der Waals surface area contributed by atoms with E-state index < -0.39 is 0 Å². The summed E-state index contributed by atoms with van der Waals surface area (Å²) in [4.78, 5) is 13.5. The average molecular weight is 253 g/mol. The van der Waals surface area contributed by atoms with Gasteiger partial charge in [-0.3, -0.25) is 9.48 Å². The number of likely N-dealkylation sites (N-methyl/N-ethyl adjacent to an activating group) is 1. The van der Waals surface area contributed by atoms with Crippen molar-refractivity contribution in [3.05, 3.63) is 5.69 Å². The predicted molar refractivity (Wildman–Crippen MR) is 73.6 cm³/mol. The molecule has 0 bridgehead atoms. The van der Waals surface area contributed by atoms with Gasteiger partial charge >= 0.3 is 0 Å². The van der Waals surface area contributed by atoms with E-state index in [9.17, 15) is 4.79 Å². The first-order valence-corrected chi connectivity index (χ1v) is 6.30. The molecular weight excluding hydrogens is 230 g/mol. The number of aromatic nitrogens is 2. The minimum Gasteiger partial charge on any atom is -0.394 e. The number of nitrogens with zero attached hydrogens (tertiary/aromatic N) is 3. The van der Waals surface area contributed by atoms with Gasteiger partial charge in [0.2, 0.25) is 5.91 Å². The smallest absolute Gasteiger partial charge is 0.239 e. The van der Waals surface area contributed by atoms with Gasteiger partial charge in [0, 0.05) is 20.6 Å². The molecule has 1 heterocycles. The molecule has 0 saturated carbocycles. The largest absolute Gasteiger partial charge is 0.394 e. The maximum absolute atomic E-state index is 11.7. The third-order valence-corrected chi connectivity index (χ3v) is 2.78. The van der Waals surface area contributed by atoms with Crippen molar-refractivity contribution >= 4 is 17.4 Å². The summed E-state index contributed by atoms with van der Waals surface area (Å²) < 4.78 is 1.72. The van der Waals surface area contributed by atoms with Crippen LogP contribution in [-0.2, 0) is 18.3 Å². The van der Waals surface area contributed by atoms with Crippen molar-refractivity contribution in [2.24, 2.45) is 7.05 Å². The minimum atomic E-state index is -0.00185. The molecule has 0 atom stereocenters. The number of rotatable bonds is 6. The molecule has 0 fully saturated rings. The first-order chi connectivity index (χ1) is 8.51. The molecular formula is C12H23N5O. The number of nitrogen functional groups attached to an aromatic ring is 1. The van der Waals surface area contributed by atoms with E-state index in [0.717, 1.165) is 24.4 Å². The van der Waals surface area contributed by atoms with Gasteiger partial charge in [0.05, 0.1) is 17.9 Å². The van der Waals surface area contributed by atoms with Crippen molar-refractivity contribution in [2.45, 2.75) is 26.7 Å². The summed E-state index contributed by atoms with van der Waals surface area (Å²) in [7, 11) is 3.68. The van der Waals surface area contributed by atoms with E-state index in [1.54, 1.807) is 4.68 Å². The third kappa shape index (κ3) is 3.15. The molecule has 0 aliphatic heterocycles. The number of nitrogens with one attached hydrogen (secondary N) is 1. The van der Waals surface area contributed by atoms with Crippen LogP contribution in [0.4, 0.5) is 11.5 Å². The molecule has 3 N–H and O–H groups in total. The SMILES string of the molecule is CCCNC(=O)CN(C)c1c(N)c(CC)nn1C. The maximum atomic E-state index is 11.7. The van der Waals surface area contributed by atoms with Crippen molar-refractivity contribution in [1.29, 1.82) is 0 Å². The summed E-state index contributed by atoms with van der Waals surface area (Å²) in [6.45, 7) is 5.02. The summed E-state index contributed by atoms with van der Waals surface area (Å²) in [5, 5.41) is 7.18. The van der Waals surface area contributed by atoms with E-state index >= 15 is 0 Å². The zero-order valence-electron chi connectivity index (χ0n) is 11.7. The van der Waals surface area contributed by atoms with Gasteiger partial charge < -0.3 is 16.0 Å². The summed E-state index contributed by atoms with van der Waals surface area (Å²) in [5.74, 6) is 0.788. The number of amides is 1. The van der Waals surface area contributed by atoms with Crippen molar-refractivity contribution in [3.63, 3.8) is 0 Å². The Balaban J connectivity index is 2.75. The van der Waals surface area contributed by atoms with Crippen molar-refractivity contribution in [2.75, 3.05) is 30.8 Å². The molecule has 18 heavy (non-hydrogen) atoms. The second-order valence-corrected chi connectivity index (χ2v) is 4.37. The fraction of sp³-hybridized carbons (Fsp3) is 0.667. The van der Waals surface area contributed by atoms with E-state index in [1.165, 1.54) is 0 Å².